The molecule has 106 valence electrons. The van der Waals surface area contributed by atoms with Gasteiger partial charge >= 0.3 is 0 Å². The van der Waals surface area contributed by atoms with Crippen LogP contribution in [0.3, 0.4) is 0 Å². The van der Waals surface area contributed by atoms with Gasteiger partial charge in [0.2, 0.25) is 0 Å². The molecule has 0 amide bonds. The summed E-state index contributed by atoms with van der Waals surface area (Å²) in [7, 11) is 0. The Morgan fingerprint density at radius 2 is 1.90 bits per heavy atom. The Morgan fingerprint density at radius 3 is 2.60 bits per heavy atom. The molecule has 0 heterocycles. The second-order valence-electron chi connectivity index (χ2n) is 5.47. The lowest BCUT2D eigenvalue weighted by atomic mass is 10.0. The summed E-state index contributed by atoms with van der Waals surface area (Å²) in [6, 6.07) is 14.6. The Labute approximate surface area is 121 Å². The topological polar surface area (TPSA) is 35.2 Å². The van der Waals surface area contributed by atoms with Crippen molar-refractivity contribution in [3.05, 3.63) is 59.2 Å². The van der Waals surface area contributed by atoms with E-state index in [1.807, 2.05) is 12.1 Å². The molecule has 2 rings (SSSR count). The van der Waals surface area contributed by atoms with Crippen molar-refractivity contribution in [2.75, 3.05) is 6.54 Å². The van der Waals surface area contributed by atoms with E-state index >= 15 is 0 Å². The van der Waals surface area contributed by atoms with E-state index in [0.717, 1.165) is 23.5 Å². The summed E-state index contributed by atoms with van der Waals surface area (Å²) >= 11 is 0. The number of ether oxygens (including phenoxy) is 1. The van der Waals surface area contributed by atoms with Crippen LogP contribution in [0, 0.1) is 6.92 Å². The number of aryl methyl sites for hydroxylation is 1. The van der Waals surface area contributed by atoms with Gasteiger partial charge in [-0.05, 0) is 60.7 Å². The Kier molecular flexibility index (Phi) is 4.80. The van der Waals surface area contributed by atoms with E-state index in [-0.39, 0.29) is 0 Å². The number of hydrogen-bond acceptors (Lipinski definition) is 2. The van der Waals surface area contributed by atoms with E-state index in [1.54, 1.807) is 0 Å². The molecule has 0 saturated carbocycles. The summed E-state index contributed by atoms with van der Waals surface area (Å²) in [6.07, 6.45) is 0.877. The average molecular weight is 269 g/mol. The SMILES string of the molecule is Cc1ccc(C(C)C)cc1Oc1cccc(CCN)c1. The van der Waals surface area contributed by atoms with Crippen LogP contribution < -0.4 is 10.5 Å². The second kappa shape index (κ2) is 6.58. The fraction of sp³-hybridized carbons (Fsp3) is 0.333. The van der Waals surface area contributed by atoms with Gasteiger partial charge in [0.1, 0.15) is 11.5 Å². The predicted octanol–water partition coefficient (Wildman–Crippen LogP) is 4.41. The zero-order valence-corrected chi connectivity index (χ0v) is 12.5. The molecule has 2 aromatic rings. The van der Waals surface area contributed by atoms with Gasteiger partial charge < -0.3 is 10.5 Å². The van der Waals surface area contributed by atoms with Gasteiger partial charge in [-0.25, -0.2) is 0 Å². The summed E-state index contributed by atoms with van der Waals surface area (Å²) in [5.41, 5.74) is 9.26. The molecule has 0 bridgehead atoms. The highest BCUT2D eigenvalue weighted by Crippen LogP contribution is 2.29. The van der Waals surface area contributed by atoms with E-state index < -0.39 is 0 Å². The minimum absolute atomic E-state index is 0.501. The molecule has 20 heavy (non-hydrogen) atoms. The van der Waals surface area contributed by atoms with E-state index in [0.29, 0.717) is 12.5 Å². The van der Waals surface area contributed by atoms with Crippen LogP contribution in [0.15, 0.2) is 42.5 Å². The molecule has 0 saturated heterocycles. The van der Waals surface area contributed by atoms with E-state index in [9.17, 15) is 0 Å². The first-order chi connectivity index (χ1) is 9.60. The quantitative estimate of drug-likeness (QED) is 0.872. The highest BCUT2D eigenvalue weighted by Gasteiger charge is 2.06. The lowest BCUT2D eigenvalue weighted by Gasteiger charge is -2.13. The highest BCUT2D eigenvalue weighted by molar-refractivity contribution is 5.41. The summed E-state index contributed by atoms with van der Waals surface area (Å²) in [4.78, 5) is 0. The molecule has 2 nitrogen and oxygen atoms in total. The van der Waals surface area contributed by atoms with Crippen molar-refractivity contribution < 1.29 is 4.74 Å². The summed E-state index contributed by atoms with van der Waals surface area (Å²) in [5.74, 6) is 2.31. The van der Waals surface area contributed by atoms with Crippen LogP contribution >= 0.6 is 0 Å². The van der Waals surface area contributed by atoms with Gasteiger partial charge in [0, 0.05) is 0 Å². The molecule has 2 heteroatoms. The Balaban J connectivity index is 2.25. The monoisotopic (exact) mass is 269 g/mol. The molecular formula is C18H23NO. The van der Waals surface area contributed by atoms with Crippen LogP contribution in [0.5, 0.6) is 11.5 Å². The Hall–Kier alpha value is -1.80. The molecule has 0 fully saturated rings. The van der Waals surface area contributed by atoms with Crippen molar-refractivity contribution in [1.29, 1.82) is 0 Å². The third kappa shape index (κ3) is 3.61. The van der Waals surface area contributed by atoms with Crippen LogP contribution in [0.25, 0.3) is 0 Å². The number of rotatable bonds is 5. The van der Waals surface area contributed by atoms with E-state index in [1.165, 1.54) is 11.1 Å². The van der Waals surface area contributed by atoms with Gasteiger partial charge in [-0.1, -0.05) is 38.1 Å². The Bertz CT molecular complexity index is 575. The first-order valence-electron chi connectivity index (χ1n) is 7.17. The number of benzene rings is 2. The highest BCUT2D eigenvalue weighted by atomic mass is 16.5. The third-order valence-electron chi connectivity index (χ3n) is 3.44. The molecule has 0 aliphatic heterocycles. The second-order valence-corrected chi connectivity index (χ2v) is 5.47. The summed E-state index contributed by atoms with van der Waals surface area (Å²) in [5, 5.41) is 0. The van der Waals surface area contributed by atoms with Crippen molar-refractivity contribution in [3.63, 3.8) is 0 Å². The average Bonchev–Trinajstić information content (AvgIpc) is 2.42. The summed E-state index contributed by atoms with van der Waals surface area (Å²) in [6.45, 7) is 7.11. The smallest absolute Gasteiger partial charge is 0.130 e. The molecule has 0 aliphatic carbocycles. The fourth-order valence-electron chi connectivity index (χ4n) is 2.14. The maximum absolute atomic E-state index is 6.05. The first-order valence-corrected chi connectivity index (χ1v) is 7.17. The molecule has 0 spiro atoms. The number of hydrogen-bond donors (Lipinski definition) is 1. The van der Waals surface area contributed by atoms with Crippen LogP contribution in [0.4, 0.5) is 0 Å². The van der Waals surface area contributed by atoms with Gasteiger partial charge in [0.15, 0.2) is 0 Å². The van der Waals surface area contributed by atoms with E-state index in [2.05, 4.69) is 51.1 Å². The molecule has 0 aliphatic rings. The van der Waals surface area contributed by atoms with Gasteiger partial charge in [-0.2, -0.15) is 0 Å². The lowest BCUT2D eigenvalue weighted by molar-refractivity contribution is 0.477. The van der Waals surface area contributed by atoms with Crippen molar-refractivity contribution in [1.82, 2.24) is 0 Å². The zero-order chi connectivity index (χ0) is 14.5. The summed E-state index contributed by atoms with van der Waals surface area (Å²) < 4.78 is 6.05. The third-order valence-corrected chi connectivity index (χ3v) is 3.44. The Morgan fingerprint density at radius 1 is 1.10 bits per heavy atom. The predicted molar refractivity (Wildman–Crippen MR) is 84.5 cm³/mol. The zero-order valence-electron chi connectivity index (χ0n) is 12.5. The minimum Gasteiger partial charge on any atom is -0.457 e. The molecule has 0 atom stereocenters. The van der Waals surface area contributed by atoms with Gasteiger partial charge in [0.25, 0.3) is 0 Å². The molecule has 0 radical (unpaired) electrons. The fourth-order valence-corrected chi connectivity index (χ4v) is 2.14. The van der Waals surface area contributed by atoms with Crippen molar-refractivity contribution in [2.45, 2.75) is 33.1 Å². The number of nitrogens with two attached hydrogens (primary N) is 1. The van der Waals surface area contributed by atoms with Crippen molar-refractivity contribution >= 4 is 0 Å². The standard InChI is InChI=1S/C18H23NO/c1-13(2)16-8-7-14(3)18(12-16)20-17-6-4-5-15(11-17)9-10-19/h4-8,11-13H,9-10,19H2,1-3H3. The van der Waals surface area contributed by atoms with Crippen LogP contribution in [0.2, 0.25) is 0 Å². The first kappa shape index (κ1) is 14.6. The molecule has 2 N–H and O–H groups in total. The lowest BCUT2D eigenvalue weighted by Crippen LogP contribution is -2.02. The van der Waals surface area contributed by atoms with Crippen molar-refractivity contribution in [2.24, 2.45) is 5.73 Å². The van der Waals surface area contributed by atoms with Crippen molar-refractivity contribution in [3.8, 4) is 11.5 Å². The van der Waals surface area contributed by atoms with Crippen LogP contribution in [0.1, 0.15) is 36.5 Å². The van der Waals surface area contributed by atoms with Gasteiger partial charge in [-0.15, -0.1) is 0 Å². The van der Waals surface area contributed by atoms with E-state index in [4.69, 9.17) is 10.5 Å². The largest absolute Gasteiger partial charge is 0.457 e. The molecule has 2 aromatic carbocycles. The maximum atomic E-state index is 6.05. The van der Waals surface area contributed by atoms with Gasteiger partial charge in [0.05, 0.1) is 0 Å². The van der Waals surface area contributed by atoms with Crippen LogP contribution in [-0.2, 0) is 6.42 Å². The molecular weight excluding hydrogens is 246 g/mol. The van der Waals surface area contributed by atoms with Gasteiger partial charge in [-0.3, -0.25) is 0 Å². The minimum atomic E-state index is 0.501. The molecule has 0 aromatic heterocycles. The molecule has 0 unspecified atom stereocenters. The maximum Gasteiger partial charge on any atom is 0.130 e. The van der Waals surface area contributed by atoms with Crippen LogP contribution in [-0.4, -0.2) is 6.54 Å². The normalized spacial score (nSPS) is 10.8.